The van der Waals surface area contributed by atoms with E-state index >= 15 is 0 Å². The summed E-state index contributed by atoms with van der Waals surface area (Å²) < 4.78 is 8.20. The minimum Gasteiger partial charge on any atom is -0.493 e. The molecule has 1 N–H and O–H groups in total. The first-order valence-corrected chi connectivity index (χ1v) is 16.0. The Hall–Kier alpha value is -3.67. The van der Waals surface area contributed by atoms with Gasteiger partial charge in [-0.05, 0) is 67.1 Å². The number of fused-ring (bicyclic) bond motifs is 1. The van der Waals surface area contributed by atoms with E-state index in [-0.39, 0.29) is 16.7 Å². The number of nitrogens with zero attached hydrogens (tertiary/aromatic N) is 3. The molecule has 2 heterocycles. The van der Waals surface area contributed by atoms with Gasteiger partial charge < -0.3 is 10.1 Å². The van der Waals surface area contributed by atoms with Crippen molar-refractivity contribution in [3.05, 3.63) is 82.8 Å². The molecule has 6 heteroatoms. The van der Waals surface area contributed by atoms with E-state index in [9.17, 15) is 4.79 Å². The van der Waals surface area contributed by atoms with Crippen LogP contribution in [-0.4, -0.2) is 33.7 Å². The predicted octanol–water partition coefficient (Wildman–Crippen LogP) is 8.62. The quantitative estimate of drug-likeness (QED) is 0.151. The second-order valence-electron chi connectivity index (χ2n) is 12.9. The van der Waals surface area contributed by atoms with Gasteiger partial charge >= 0.3 is 0 Å². The van der Waals surface area contributed by atoms with Gasteiger partial charge in [0.05, 0.1) is 23.6 Å². The average molecular weight is 583 g/mol. The summed E-state index contributed by atoms with van der Waals surface area (Å²) in [5.74, 6) is 0.869. The molecule has 0 fully saturated rings. The van der Waals surface area contributed by atoms with Crippen LogP contribution in [0.25, 0.3) is 16.8 Å². The van der Waals surface area contributed by atoms with Gasteiger partial charge in [0.1, 0.15) is 5.75 Å². The highest BCUT2D eigenvalue weighted by Crippen LogP contribution is 2.38. The van der Waals surface area contributed by atoms with Gasteiger partial charge in [0.2, 0.25) is 0 Å². The number of carbonyl (C=O) groups is 1. The molecule has 2 aromatic heterocycles. The number of hydrogen-bond acceptors (Lipinski definition) is 4. The van der Waals surface area contributed by atoms with Crippen molar-refractivity contribution in [3.63, 3.8) is 0 Å². The SMILES string of the molecule is CCCc1c(C(=O)NCCCCOc2ccc(C(C)(C)CC)cc2C(C)(C)CC)cnc2c(-c3ccccc3)c(C)nn12. The maximum absolute atomic E-state index is 13.3. The lowest BCUT2D eigenvalue weighted by Crippen LogP contribution is -2.27. The first-order valence-electron chi connectivity index (χ1n) is 16.0. The fourth-order valence-corrected chi connectivity index (χ4v) is 5.45. The van der Waals surface area contributed by atoms with Gasteiger partial charge in [0.25, 0.3) is 5.91 Å². The average Bonchev–Trinajstić information content (AvgIpc) is 3.35. The summed E-state index contributed by atoms with van der Waals surface area (Å²) in [5, 5.41) is 7.93. The summed E-state index contributed by atoms with van der Waals surface area (Å²) in [6.45, 7) is 19.0. The number of aryl methyl sites for hydroxylation is 2. The Morgan fingerprint density at radius 2 is 1.67 bits per heavy atom. The van der Waals surface area contributed by atoms with Crippen LogP contribution in [0.2, 0.25) is 0 Å². The van der Waals surface area contributed by atoms with E-state index in [2.05, 4.69) is 84.1 Å². The zero-order valence-electron chi connectivity index (χ0n) is 27.5. The van der Waals surface area contributed by atoms with Crippen molar-refractivity contribution < 1.29 is 9.53 Å². The Morgan fingerprint density at radius 1 is 0.953 bits per heavy atom. The Balaban J connectivity index is 1.40. The van der Waals surface area contributed by atoms with Crippen LogP contribution in [0.15, 0.2) is 54.7 Å². The van der Waals surface area contributed by atoms with E-state index < -0.39 is 0 Å². The van der Waals surface area contributed by atoms with Gasteiger partial charge in [0, 0.05) is 23.9 Å². The molecular weight excluding hydrogens is 532 g/mol. The third-order valence-corrected chi connectivity index (χ3v) is 9.08. The lowest BCUT2D eigenvalue weighted by Gasteiger charge is -2.30. The van der Waals surface area contributed by atoms with Crippen molar-refractivity contribution in [2.75, 3.05) is 13.2 Å². The topological polar surface area (TPSA) is 68.5 Å². The smallest absolute Gasteiger partial charge is 0.254 e. The van der Waals surface area contributed by atoms with Gasteiger partial charge in [0.15, 0.2) is 5.65 Å². The molecule has 0 saturated heterocycles. The van der Waals surface area contributed by atoms with E-state index in [4.69, 9.17) is 14.8 Å². The number of nitrogens with one attached hydrogen (secondary N) is 1. The molecule has 2 aromatic carbocycles. The Morgan fingerprint density at radius 3 is 2.35 bits per heavy atom. The van der Waals surface area contributed by atoms with Gasteiger partial charge in [-0.15, -0.1) is 0 Å². The third-order valence-electron chi connectivity index (χ3n) is 9.08. The summed E-state index contributed by atoms with van der Waals surface area (Å²) in [6, 6.07) is 16.9. The zero-order chi connectivity index (χ0) is 31.2. The summed E-state index contributed by atoms with van der Waals surface area (Å²) in [4.78, 5) is 18.0. The van der Waals surface area contributed by atoms with Crippen molar-refractivity contribution in [3.8, 4) is 16.9 Å². The highest BCUT2D eigenvalue weighted by Gasteiger charge is 2.27. The molecule has 4 rings (SSSR count). The molecule has 0 radical (unpaired) electrons. The van der Waals surface area contributed by atoms with Gasteiger partial charge in [-0.2, -0.15) is 5.10 Å². The van der Waals surface area contributed by atoms with Gasteiger partial charge in [-0.3, -0.25) is 4.79 Å². The second kappa shape index (κ2) is 13.7. The first-order chi connectivity index (χ1) is 20.5. The fourth-order valence-electron chi connectivity index (χ4n) is 5.45. The molecular formula is C37H50N4O2. The summed E-state index contributed by atoms with van der Waals surface area (Å²) in [5.41, 5.74) is 8.08. The highest BCUT2D eigenvalue weighted by molar-refractivity contribution is 5.95. The Labute approximate surface area is 258 Å². The normalized spacial score (nSPS) is 12.1. The fraction of sp³-hybridized carbons (Fsp3) is 0.486. The molecule has 4 aromatic rings. The molecule has 0 saturated carbocycles. The van der Waals surface area contributed by atoms with E-state index in [1.165, 1.54) is 11.1 Å². The van der Waals surface area contributed by atoms with Crippen LogP contribution in [0.5, 0.6) is 5.75 Å². The third kappa shape index (κ3) is 7.11. The molecule has 0 aliphatic carbocycles. The standard InChI is InChI=1S/C37H50N4O2/c1-9-17-31-29(25-39-34-33(26(4)40-41(31)34)27-18-13-12-14-19-27)35(42)38-22-15-16-23-43-32-21-20-28(36(5,6)10-2)24-30(32)37(7,8)11-3/h12-14,18-21,24-25H,9-11,15-17,22-23H2,1-8H3,(H,38,42). The number of amides is 1. The molecule has 1 amide bonds. The van der Waals surface area contributed by atoms with E-state index in [1.54, 1.807) is 6.20 Å². The van der Waals surface area contributed by atoms with Crippen LogP contribution in [0.3, 0.4) is 0 Å². The van der Waals surface area contributed by atoms with Crippen LogP contribution in [-0.2, 0) is 17.3 Å². The molecule has 0 spiro atoms. The van der Waals surface area contributed by atoms with Crippen molar-refractivity contribution in [2.45, 2.75) is 105 Å². The molecule has 6 nitrogen and oxygen atoms in total. The predicted molar refractivity (Wildman–Crippen MR) is 177 cm³/mol. The van der Waals surface area contributed by atoms with E-state index in [0.717, 1.165) is 72.4 Å². The number of benzene rings is 2. The van der Waals surface area contributed by atoms with Crippen LogP contribution in [0, 0.1) is 6.92 Å². The maximum Gasteiger partial charge on any atom is 0.254 e. The molecule has 0 aliphatic rings. The lowest BCUT2D eigenvalue weighted by atomic mass is 9.76. The number of aromatic nitrogens is 3. The van der Waals surface area contributed by atoms with Crippen molar-refractivity contribution >= 4 is 11.6 Å². The van der Waals surface area contributed by atoms with E-state index in [1.807, 2.05) is 29.6 Å². The van der Waals surface area contributed by atoms with Crippen LogP contribution < -0.4 is 10.1 Å². The van der Waals surface area contributed by atoms with Crippen molar-refractivity contribution in [1.82, 2.24) is 19.9 Å². The summed E-state index contributed by atoms with van der Waals surface area (Å²) >= 11 is 0. The maximum atomic E-state index is 13.3. The largest absolute Gasteiger partial charge is 0.493 e. The lowest BCUT2D eigenvalue weighted by molar-refractivity contribution is 0.0950. The molecule has 0 bridgehead atoms. The Kier molecular flexibility index (Phi) is 10.3. The first kappa shape index (κ1) is 32.2. The van der Waals surface area contributed by atoms with Gasteiger partial charge in [-0.25, -0.2) is 9.50 Å². The second-order valence-corrected chi connectivity index (χ2v) is 12.9. The van der Waals surface area contributed by atoms with Gasteiger partial charge in [-0.1, -0.05) is 97.4 Å². The highest BCUT2D eigenvalue weighted by atomic mass is 16.5. The zero-order valence-corrected chi connectivity index (χ0v) is 27.5. The number of unbranched alkanes of at least 4 members (excludes halogenated alkanes) is 1. The number of rotatable bonds is 14. The van der Waals surface area contributed by atoms with Crippen molar-refractivity contribution in [2.24, 2.45) is 0 Å². The minimum atomic E-state index is -0.103. The molecule has 43 heavy (non-hydrogen) atoms. The molecule has 0 unspecified atom stereocenters. The number of ether oxygens (including phenoxy) is 1. The molecule has 0 atom stereocenters. The minimum absolute atomic E-state index is 0.0312. The Bertz CT molecular complexity index is 1540. The molecule has 230 valence electrons. The van der Waals surface area contributed by atoms with Crippen molar-refractivity contribution in [1.29, 1.82) is 0 Å². The van der Waals surface area contributed by atoms with Crippen LogP contribution in [0.1, 0.15) is 113 Å². The summed E-state index contributed by atoms with van der Waals surface area (Å²) in [7, 11) is 0. The van der Waals surface area contributed by atoms with E-state index in [0.29, 0.717) is 18.7 Å². The summed E-state index contributed by atoms with van der Waals surface area (Å²) in [6.07, 6.45) is 7.18. The number of carbonyl (C=O) groups excluding carboxylic acids is 1. The monoisotopic (exact) mass is 582 g/mol. The van der Waals surface area contributed by atoms with Crippen LogP contribution in [0.4, 0.5) is 0 Å². The number of hydrogen-bond donors (Lipinski definition) is 1. The molecule has 0 aliphatic heterocycles. The van der Waals surface area contributed by atoms with Crippen LogP contribution >= 0.6 is 0 Å².